The van der Waals surface area contributed by atoms with Crippen LogP contribution >= 0.6 is 23.2 Å². The molecular weight excluding hydrogens is 815 g/mol. The van der Waals surface area contributed by atoms with Gasteiger partial charge < -0.3 is 52.0 Å². The lowest BCUT2D eigenvalue weighted by Crippen LogP contribution is -2.59. The monoisotopic (exact) mass is 866 g/mol. The number of aliphatic carboxylic acids is 2. The zero-order valence-corrected chi connectivity index (χ0v) is 35.1. The van der Waals surface area contributed by atoms with Gasteiger partial charge in [0.25, 0.3) is 5.91 Å². The van der Waals surface area contributed by atoms with Gasteiger partial charge in [0.2, 0.25) is 29.5 Å². The number of nitrogens with two attached hydrogens (primary N) is 1. The first kappa shape index (κ1) is 49.5. The van der Waals surface area contributed by atoms with Crippen LogP contribution in [0.4, 0.5) is 0 Å². The summed E-state index contributed by atoms with van der Waals surface area (Å²) in [6.45, 7) is 6.94. The molecule has 0 aromatic heterocycles. The van der Waals surface area contributed by atoms with Gasteiger partial charge >= 0.3 is 11.9 Å². The van der Waals surface area contributed by atoms with Gasteiger partial charge in [-0.15, -0.1) is 0 Å². The number of carbonyl (C=O) groups excluding carboxylic acids is 6. The molecule has 0 saturated heterocycles. The number of halogens is 2. The molecule has 0 spiro atoms. The third-order valence-corrected chi connectivity index (χ3v) is 9.42. The van der Waals surface area contributed by atoms with Gasteiger partial charge in [-0.3, -0.25) is 33.6 Å². The van der Waals surface area contributed by atoms with Crippen LogP contribution in [0.15, 0.2) is 36.4 Å². The molecule has 324 valence electrons. The highest BCUT2D eigenvalue weighted by Gasteiger charge is 2.34. The molecule has 0 unspecified atom stereocenters. The fraction of sp³-hybridized carbons (Fsp3) is 0.487. The molecule has 5 atom stereocenters. The van der Waals surface area contributed by atoms with Crippen LogP contribution in [-0.4, -0.2) is 102 Å². The molecule has 9 N–H and O–H groups in total. The largest absolute Gasteiger partial charge is 0.497 e. The van der Waals surface area contributed by atoms with Crippen molar-refractivity contribution in [2.45, 2.75) is 96.4 Å². The van der Waals surface area contributed by atoms with E-state index in [0.717, 1.165) is 0 Å². The SMILES string of the molecule is COc1ccc(C(=O)N[C@@H](CCC(N)=O)C(=O)N[C@@H](CC(C)C)C(=O)N[C@@H](CC(=O)O)C(=O)N[C@@H](CC(C)C)C(=O)N[C@@H](Cc2ccc(Cl)c(Cl)c2)C(=O)O)c(OC)c1. The summed E-state index contributed by atoms with van der Waals surface area (Å²) in [6, 6.07) is 1.41. The Morgan fingerprint density at radius 1 is 0.661 bits per heavy atom. The lowest BCUT2D eigenvalue weighted by Gasteiger charge is -2.27. The van der Waals surface area contributed by atoms with Crippen molar-refractivity contribution in [3.63, 3.8) is 0 Å². The molecule has 0 bridgehead atoms. The number of methoxy groups -OCH3 is 2. The van der Waals surface area contributed by atoms with E-state index in [2.05, 4.69) is 26.6 Å². The number of ether oxygens (including phenoxy) is 2. The van der Waals surface area contributed by atoms with E-state index in [0.29, 0.717) is 11.3 Å². The number of amides is 6. The van der Waals surface area contributed by atoms with Gasteiger partial charge in [-0.1, -0.05) is 57.0 Å². The Balaban J connectivity index is 2.33. The Morgan fingerprint density at radius 2 is 1.19 bits per heavy atom. The van der Waals surface area contributed by atoms with Crippen molar-refractivity contribution in [3.8, 4) is 11.5 Å². The smallest absolute Gasteiger partial charge is 0.326 e. The maximum absolute atomic E-state index is 13.8. The second-order valence-electron chi connectivity index (χ2n) is 14.5. The van der Waals surface area contributed by atoms with Gasteiger partial charge in [0.05, 0.1) is 36.2 Å². The maximum Gasteiger partial charge on any atom is 0.326 e. The van der Waals surface area contributed by atoms with Crippen molar-refractivity contribution in [2.75, 3.05) is 14.2 Å². The first-order valence-corrected chi connectivity index (χ1v) is 19.3. The summed E-state index contributed by atoms with van der Waals surface area (Å²) < 4.78 is 10.4. The van der Waals surface area contributed by atoms with Crippen LogP contribution in [0.3, 0.4) is 0 Å². The van der Waals surface area contributed by atoms with Crippen molar-refractivity contribution in [1.29, 1.82) is 0 Å². The third kappa shape index (κ3) is 16.6. The number of carbonyl (C=O) groups is 8. The van der Waals surface area contributed by atoms with Crippen molar-refractivity contribution in [2.24, 2.45) is 17.6 Å². The zero-order valence-electron chi connectivity index (χ0n) is 33.6. The van der Waals surface area contributed by atoms with Crippen molar-refractivity contribution in [1.82, 2.24) is 26.6 Å². The Hall–Kier alpha value is -5.62. The molecule has 6 amide bonds. The highest BCUT2D eigenvalue weighted by Crippen LogP contribution is 2.25. The summed E-state index contributed by atoms with van der Waals surface area (Å²) >= 11 is 12.0. The summed E-state index contributed by atoms with van der Waals surface area (Å²) in [7, 11) is 2.74. The molecule has 18 nitrogen and oxygen atoms in total. The fourth-order valence-corrected chi connectivity index (χ4v) is 6.08. The van der Waals surface area contributed by atoms with Gasteiger partial charge in [0, 0.05) is 18.9 Å². The van der Waals surface area contributed by atoms with E-state index in [1.165, 1.54) is 50.6 Å². The molecule has 20 heteroatoms. The average Bonchev–Trinajstić information content (AvgIpc) is 3.15. The molecule has 0 aliphatic rings. The number of nitrogens with one attached hydrogen (secondary N) is 5. The van der Waals surface area contributed by atoms with Crippen LogP contribution in [0, 0.1) is 11.8 Å². The molecule has 0 aliphatic carbocycles. The standard InChI is InChI=1S/C39H52Cl2N6O12/c1-19(2)13-27(44-35(52)26(11-12-32(42)48)43-34(51)23-9-8-22(58-5)17-31(23)59-6)36(53)46-29(18-33(49)50)38(55)45-28(14-20(3)4)37(54)47-30(39(56)57)16-21-7-10-24(40)25(41)15-21/h7-10,15,17,19-20,26-30H,11-14,16,18H2,1-6H3,(H2,42,48)(H,43,51)(H,44,52)(H,45,55)(H,46,53)(H,47,54)(H,49,50)(H,56,57)/t26-,27-,28-,29-,30-/m0/s1. The van der Waals surface area contributed by atoms with Gasteiger partial charge in [-0.05, 0) is 60.9 Å². The van der Waals surface area contributed by atoms with Gasteiger partial charge in [0.1, 0.15) is 41.7 Å². The second-order valence-corrected chi connectivity index (χ2v) is 15.3. The maximum atomic E-state index is 13.8. The van der Waals surface area contributed by atoms with Crippen molar-refractivity contribution in [3.05, 3.63) is 57.6 Å². The average molecular weight is 868 g/mol. The van der Waals surface area contributed by atoms with E-state index < -0.39 is 84.0 Å². The first-order valence-electron chi connectivity index (χ1n) is 18.6. The van der Waals surface area contributed by atoms with Gasteiger partial charge in [-0.25, -0.2) is 4.79 Å². The number of hydrogen-bond donors (Lipinski definition) is 8. The summed E-state index contributed by atoms with van der Waals surface area (Å²) in [5, 5.41) is 32.3. The fourth-order valence-electron chi connectivity index (χ4n) is 5.76. The predicted molar refractivity (Wildman–Crippen MR) is 216 cm³/mol. The molecule has 2 aromatic rings. The molecule has 0 radical (unpaired) electrons. The quantitative estimate of drug-likeness (QED) is 0.0754. The van der Waals surface area contributed by atoms with Gasteiger partial charge in [0.15, 0.2) is 0 Å². The number of primary amides is 1. The second kappa shape index (κ2) is 23.7. The number of carboxylic acids is 2. The molecule has 59 heavy (non-hydrogen) atoms. The lowest BCUT2D eigenvalue weighted by atomic mass is 10.00. The van der Waals surface area contributed by atoms with Crippen LogP contribution in [0.2, 0.25) is 10.0 Å². The van der Waals surface area contributed by atoms with E-state index in [1.807, 2.05) is 0 Å². The summed E-state index contributed by atoms with van der Waals surface area (Å²) in [6.07, 6.45) is -1.74. The molecule has 2 rings (SSSR count). The van der Waals surface area contributed by atoms with E-state index >= 15 is 0 Å². The van der Waals surface area contributed by atoms with Crippen LogP contribution in [0.5, 0.6) is 11.5 Å². The minimum atomic E-state index is -1.77. The normalized spacial score (nSPS) is 13.5. The molecule has 0 saturated carbocycles. The highest BCUT2D eigenvalue weighted by molar-refractivity contribution is 6.42. The lowest BCUT2D eigenvalue weighted by molar-refractivity contribution is -0.143. The van der Waals surface area contributed by atoms with Crippen molar-refractivity contribution >= 4 is 70.6 Å². The minimum absolute atomic E-state index is 0.00271. The summed E-state index contributed by atoms with van der Waals surface area (Å²) in [5.41, 5.74) is 5.80. The molecular formula is C39H52Cl2N6O12. The highest BCUT2D eigenvalue weighted by atomic mass is 35.5. The number of benzene rings is 2. The van der Waals surface area contributed by atoms with E-state index in [9.17, 15) is 48.6 Å². The number of rotatable bonds is 24. The Bertz CT molecular complexity index is 1860. The molecule has 0 fully saturated rings. The number of carboxylic acid groups (broad SMARTS) is 2. The van der Waals surface area contributed by atoms with Crippen molar-refractivity contribution < 1.29 is 58.0 Å². The Labute approximate surface area is 351 Å². The van der Waals surface area contributed by atoms with E-state index in [-0.39, 0.29) is 65.3 Å². The first-order chi connectivity index (χ1) is 27.6. The van der Waals surface area contributed by atoms with Gasteiger partial charge in [-0.2, -0.15) is 0 Å². The van der Waals surface area contributed by atoms with Crippen LogP contribution in [0.25, 0.3) is 0 Å². The van der Waals surface area contributed by atoms with Crippen LogP contribution in [-0.2, 0) is 40.0 Å². The summed E-state index contributed by atoms with van der Waals surface area (Å²) in [5.74, 6) is -8.20. The predicted octanol–water partition coefficient (Wildman–Crippen LogP) is 2.21. The van der Waals surface area contributed by atoms with E-state index in [4.69, 9.17) is 38.4 Å². The van der Waals surface area contributed by atoms with Crippen LogP contribution in [0.1, 0.15) is 75.7 Å². The molecule has 0 aliphatic heterocycles. The summed E-state index contributed by atoms with van der Waals surface area (Å²) in [4.78, 5) is 104. The van der Waals surface area contributed by atoms with Crippen LogP contribution < -0.4 is 41.8 Å². The molecule has 0 heterocycles. The third-order valence-electron chi connectivity index (χ3n) is 8.68. The number of hydrogen-bond acceptors (Lipinski definition) is 10. The zero-order chi connectivity index (χ0) is 44.6. The Kier molecular flexibility index (Phi) is 19.9. The Morgan fingerprint density at radius 3 is 1.66 bits per heavy atom. The minimum Gasteiger partial charge on any atom is -0.497 e. The topological polar surface area (TPSA) is 282 Å². The van der Waals surface area contributed by atoms with E-state index in [1.54, 1.807) is 27.7 Å². The molecule has 2 aromatic carbocycles.